The van der Waals surface area contributed by atoms with Gasteiger partial charge in [-0.25, -0.2) is 14.6 Å². The molecule has 0 saturated carbocycles. The van der Waals surface area contributed by atoms with Crippen molar-refractivity contribution >= 4 is 23.1 Å². The minimum Gasteiger partial charge on any atom is -0.478 e. The molecule has 1 amide bonds. The molecule has 1 heterocycles. The molecule has 134 valence electrons. The molecule has 7 nitrogen and oxygen atoms in total. The second kappa shape index (κ2) is 7.69. The molecule has 0 aliphatic heterocycles. The lowest BCUT2D eigenvalue weighted by molar-refractivity contribution is 0.0697. The van der Waals surface area contributed by atoms with E-state index < -0.39 is 12.1 Å². The Morgan fingerprint density at radius 3 is 2.65 bits per heavy atom. The van der Waals surface area contributed by atoms with Gasteiger partial charge in [0.15, 0.2) is 0 Å². The number of benzene rings is 2. The predicted molar refractivity (Wildman–Crippen MR) is 95.8 cm³/mol. The highest BCUT2D eigenvalue weighted by Crippen LogP contribution is 2.18. The van der Waals surface area contributed by atoms with Crippen molar-refractivity contribution in [1.82, 2.24) is 14.9 Å². The number of carbonyl (C=O) groups is 2. The van der Waals surface area contributed by atoms with E-state index in [0.29, 0.717) is 17.9 Å². The van der Waals surface area contributed by atoms with Crippen molar-refractivity contribution in [3.63, 3.8) is 0 Å². The number of rotatable bonds is 6. The summed E-state index contributed by atoms with van der Waals surface area (Å²) in [6, 6.07) is 14.2. The highest BCUT2D eigenvalue weighted by molar-refractivity contribution is 5.92. The van der Waals surface area contributed by atoms with Gasteiger partial charge in [0, 0.05) is 6.54 Å². The van der Waals surface area contributed by atoms with Gasteiger partial charge >= 0.3 is 12.1 Å². The van der Waals surface area contributed by atoms with Gasteiger partial charge in [-0.3, -0.25) is 0 Å². The van der Waals surface area contributed by atoms with E-state index in [9.17, 15) is 9.59 Å². The van der Waals surface area contributed by atoms with Gasteiger partial charge in [0.05, 0.1) is 23.1 Å². The molecular weight excluding hydrogens is 334 g/mol. The maximum atomic E-state index is 11.9. The Morgan fingerprint density at radius 2 is 1.96 bits per heavy atom. The summed E-state index contributed by atoms with van der Waals surface area (Å²) in [7, 11) is 0. The lowest BCUT2D eigenvalue weighted by atomic mass is 10.2. The maximum absolute atomic E-state index is 11.9. The third kappa shape index (κ3) is 3.83. The highest BCUT2D eigenvalue weighted by atomic mass is 16.5. The van der Waals surface area contributed by atoms with Gasteiger partial charge in [-0.05, 0) is 30.7 Å². The fourth-order valence-corrected chi connectivity index (χ4v) is 2.72. The van der Waals surface area contributed by atoms with Crippen LogP contribution >= 0.6 is 0 Å². The average Bonchev–Trinajstić information content (AvgIpc) is 3.02. The van der Waals surface area contributed by atoms with Gasteiger partial charge in [-0.1, -0.05) is 30.3 Å². The van der Waals surface area contributed by atoms with E-state index in [1.807, 2.05) is 41.8 Å². The summed E-state index contributed by atoms with van der Waals surface area (Å²) >= 11 is 0. The Hall–Kier alpha value is -3.35. The number of hydrogen-bond donors (Lipinski definition) is 2. The van der Waals surface area contributed by atoms with Gasteiger partial charge < -0.3 is 19.7 Å². The van der Waals surface area contributed by atoms with Crippen molar-refractivity contribution in [3.05, 3.63) is 65.5 Å². The van der Waals surface area contributed by atoms with Gasteiger partial charge in [-0.2, -0.15) is 0 Å². The van der Waals surface area contributed by atoms with Crippen LogP contribution in [0.15, 0.2) is 48.5 Å². The van der Waals surface area contributed by atoms with Gasteiger partial charge in [0.2, 0.25) is 0 Å². The first-order valence-corrected chi connectivity index (χ1v) is 8.25. The molecule has 2 aromatic carbocycles. The smallest absolute Gasteiger partial charge is 0.407 e. The van der Waals surface area contributed by atoms with E-state index >= 15 is 0 Å². The molecular formula is C19H19N3O4. The number of fused-ring (bicyclic) bond motifs is 1. The number of ether oxygens (including phenoxy) is 1. The number of nitrogens with zero attached hydrogens (tertiary/aromatic N) is 2. The number of aromatic nitrogens is 2. The van der Waals surface area contributed by atoms with E-state index in [1.54, 1.807) is 12.1 Å². The van der Waals surface area contributed by atoms with Crippen molar-refractivity contribution in [3.8, 4) is 0 Å². The molecule has 1 aromatic heterocycles. The van der Waals surface area contributed by atoms with E-state index in [2.05, 4.69) is 10.3 Å². The minimum atomic E-state index is -0.986. The third-order valence-corrected chi connectivity index (χ3v) is 3.99. The molecule has 0 radical (unpaired) electrons. The zero-order chi connectivity index (χ0) is 18.5. The summed E-state index contributed by atoms with van der Waals surface area (Å²) in [5, 5.41) is 11.8. The fourth-order valence-electron chi connectivity index (χ4n) is 2.72. The number of amides is 1. The molecule has 2 N–H and O–H groups in total. The van der Waals surface area contributed by atoms with Crippen LogP contribution in [-0.4, -0.2) is 26.7 Å². The summed E-state index contributed by atoms with van der Waals surface area (Å²) in [5.74, 6) is -0.346. The first-order chi connectivity index (χ1) is 12.6. The molecule has 3 rings (SSSR count). The zero-order valence-electron chi connectivity index (χ0n) is 14.3. The first kappa shape index (κ1) is 17.5. The number of alkyl carbamates (subject to hydrolysis) is 1. The molecule has 0 saturated heterocycles. The van der Waals surface area contributed by atoms with Crippen molar-refractivity contribution in [1.29, 1.82) is 0 Å². The van der Waals surface area contributed by atoms with Crippen LogP contribution in [0.5, 0.6) is 0 Å². The number of carboxylic acids is 1. The third-order valence-electron chi connectivity index (χ3n) is 3.99. The molecule has 0 bridgehead atoms. The molecule has 0 fully saturated rings. The Labute approximate surface area is 150 Å². The number of carboxylic acid groups (broad SMARTS) is 1. The summed E-state index contributed by atoms with van der Waals surface area (Å²) in [5.41, 5.74) is 2.52. The van der Waals surface area contributed by atoms with Crippen LogP contribution in [0.25, 0.3) is 11.0 Å². The number of carbonyl (C=O) groups excluding carboxylic acids is 1. The summed E-state index contributed by atoms with van der Waals surface area (Å²) in [6.07, 6.45) is -0.533. The van der Waals surface area contributed by atoms with Crippen LogP contribution < -0.4 is 5.32 Å². The van der Waals surface area contributed by atoms with Crippen molar-refractivity contribution in [2.24, 2.45) is 0 Å². The number of aryl methyl sites for hydroxylation is 1. The average molecular weight is 353 g/mol. The SMILES string of the molecule is CCn1c(CNC(=O)OCc2ccccc2)nc2ccc(C(=O)O)cc21. The normalized spacial score (nSPS) is 10.7. The van der Waals surface area contributed by atoms with Gasteiger partial charge in [-0.15, -0.1) is 0 Å². The maximum Gasteiger partial charge on any atom is 0.407 e. The molecule has 7 heteroatoms. The topological polar surface area (TPSA) is 93.5 Å². The quantitative estimate of drug-likeness (QED) is 0.710. The fraction of sp³-hybridized carbons (Fsp3) is 0.211. The minimum absolute atomic E-state index is 0.193. The van der Waals surface area contributed by atoms with Crippen LogP contribution in [-0.2, 0) is 24.4 Å². The van der Waals surface area contributed by atoms with E-state index in [4.69, 9.17) is 9.84 Å². The number of imidazole rings is 1. The van der Waals surface area contributed by atoms with Crippen molar-refractivity contribution < 1.29 is 19.4 Å². The van der Waals surface area contributed by atoms with E-state index in [-0.39, 0.29) is 18.7 Å². The van der Waals surface area contributed by atoms with E-state index in [1.165, 1.54) is 6.07 Å². The summed E-state index contributed by atoms with van der Waals surface area (Å²) in [6.45, 7) is 2.93. The predicted octanol–water partition coefficient (Wildman–Crippen LogP) is 3.18. The van der Waals surface area contributed by atoms with Crippen molar-refractivity contribution in [2.45, 2.75) is 26.6 Å². The Kier molecular flexibility index (Phi) is 5.17. The second-order valence-corrected chi connectivity index (χ2v) is 5.70. The number of aromatic carboxylic acids is 1. The molecule has 0 atom stereocenters. The highest BCUT2D eigenvalue weighted by Gasteiger charge is 2.13. The monoisotopic (exact) mass is 353 g/mol. The Morgan fingerprint density at radius 1 is 1.19 bits per heavy atom. The molecule has 0 aliphatic rings. The molecule has 26 heavy (non-hydrogen) atoms. The summed E-state index contributed by atoms with van der Waals surface area (Å²) in [4.78, 5) is 27.5. The van der Waals surface area contributed by atoms with Crippen LogP contribution in [0, 0.1) is 0 Å². The molecule has 0 spiro atoms. The standard InChI is InChI=1S/C19H19N3O4/c1-2-22-16-10-14(18(23)24)8-9-15(16)21-17(22)11-20-19(25)26-12-13-6-4-3-5-7-13/h3-10H,2,11-12H2,1H3,(H,20,25)(H,23,24). The lowest BCUT2D eigenvalue weighted by Crippen LogP contribution is -2.25. The lowest BCUT2D eigenvalue weighted by Gasteiger charge is -2.09. The molecule has 3 aromatic rings. The molecule has 0 unspecified atom stereocenters. The van der Waals surface area contributed by atoms with Gasteiger partial charge in [0.25, 0.3) is 0 Å². The Bertz CT molecular complexity index is 935. The summed E-state index contributed by atoms with van der Waals surface area (Å²) < 4.78 is 7.06. The Balaban J connectivity index is 1.68. The van der Waals surface area contributed by atoms with Crippen LogP contribution in [0.1, 0.15) is 28.7 Å². The molecule has 0 aliphatic carbocycles. The van der Waals surface area contributed by atoms with Crippen molar-refractivity contribution in [2.75, 3.05) is 0 Å². The van der Waals surface area contributed by atoms with Gasteiger partial charge in [0.1, 0.15) is 12.4 Å². The second-order valence-electron chi connectivity index (χ2n) is 5.70. The van der Waals surface area contributed by atoms with Crippen LogP contribution in [0.4, 0.5) is 4.79 Å². The van der Waals surface area contributed by atoms with Crippen LogP contribution in [0.3, 0.4) is 0 Å². The number of nitrogens with one attached hydrogen (secondary N) is 1. The zero-order valence-corrected chi connectivity index (χ0v) is 14.3. The number of hydrogen-bond acceptors (Lipinski definition) is 4. The largest absolute Gasteiger partial charge is 0.478 e. The van der Waals surface area contributed by atoms with Crippen LogP contribution in [0.2, 0.25) is 0 Å². The van der Waals surface area contributed by atoms with E-state index in [0.717, 1.165) is 11.1 Å². The first-order valence-electron chi connectivity index (χ1n) is 8.25.